The van der Waals surface area contributed by atoms with Gasteiger partial charge in [0.25, 0.3) is 0 Å². The smallest absolute Gasteiger partial charge is 0.223 e. The zero-order chi connectivity index (χ0) is 16.7. The molecule has 0 aliphatic heterocycles. The van der Waals surface area contributed by atoms with E-state index in [1.54, 1.807) is 7.11 Å². The minimum atomic E-state index is -0.0952. The number of benzene rings is 2. The van der Waals surface area contributed by atoms with Gasteiger partial charge in [0.15, 0.2) is 0 Å². The van der Waals surface area contributed by atoms with Gasteiger partial charge in [0, 0.05) is 5.02 Å². The van der Waals surface area contributed by atoms with Crippen molar-refractivity contribution in [2.24, 2.45) is 0 Å². The van der Waals surface area contributed by atoms with Gasteiger partial charge in [-0.05, 0) is 48.9 Å². The monoisotopic (exact) mass is 333 g/mol. The van der Waals surface area contributed by atoms with E-state index in [2.05, 4.69) is 5.32 Å². The van der Waals surface area contributed by atoms with Crippen LogP contribution in [-0.4, -0.2) is 19.6 Å². The average molecular weight is 334 g/mol. The van der Waals surface area contributed by atoms with E-state index in [-0.39, 0.29) is 18.4 Å². The summed E-state index contributed by atoms with van der Waals surface area (Å²) in [5, 5.41) is 3.59. The van der Waals surface area contributed by atoms with Crippen molar-refractivity contribution in [3.63, 3.8) is 0 Å². The van der Waals surface area contributed by atoms with Crippen LogP contribution in [0.3, 0.4) is 0 Å². The van der Waals surface area contributed by atoms with E-state index in [4.69, 9.17) is 21.1 Å². The quantitative estimate of drug-likeness (QED) is 0.833. The van der Waals surface area contributed by atoms with Crippen molar-refractivity contribution < 1.29 is 14.3 Å². The maximum absolute atomic E-state index is 12.0. The highest BCUT2D eigenvalue weighted by atomic mass is 35.5. The molecule has 0 aliphatic rings. The zero-order valence-electron chi connectivity index (χ0n) is 13.2. The van der Waals surface area contributed by atoms with Gasteiger partial charge in [-0.2, -0.15) is 0 Å². The molecule has 5 heteroatoms. The molecule has 0 bridgehead atoms. The molecule has 2 rings (SSSR count). The molecule has 0 saturated heterocycles. The third-order valence-electron chi connectivity index (χ3n) is 3.38. The molecule has 0 fully saturated rings. The Balaban J connectivity index is 1.76. The molecule has 4 nitrogen and oxygen atoms in total. The molecule has 0 spiro atoms. The highest BCUT2D eigenvalue weighted by Crippen LogP contribution is 2.18. The molecule has 0 heterocycles. The first-order valence-electron chi connectivity index (χ1n) is 7.40. The first kappa shape index (κ1) is 17.2. The Kier molecular flexibility index (Phi) is 6.29. The maximum Gasteiger partial charge on any atom is 0.223 e. The van der Waals surface area contributed by atoms with Crippen molar-refractivity contribution in [1.29, 1.82) is 0 Å². The van der Waals surface area contributed by atoms with E-state index in [0.717, 1.165) is 11.3 Å². The number of methoxy groups -OCH3 is 1. The normalized spacial score (nSPS) is 11.6. The summed E-state index contributed by atoms with van der Waals surface area (Å²) in [6.07, 6.45) is 0.289. The van der Waals surface area contributed by atoms with Crippen LogP contribution < -0.4 is 14.8 Å². The van der Waals surface area contributed by atoms with E-state index in [9.17, 15) is 4.79 Å². The molecule has 1 unspecified atom stereocenters. The second-order valence-corrected chi connectivity index (χ2v) is 5.55. The third kappa shape index (κ3) is 5.49. The summed E-state index contributed by atoms with van der Waals surface area (Å²) in [4.78, 5) is 12.0. The fourth-order valence-electron chi connectivity index (χ4n) is 2.11. The number of nitrogens with one attached hydrogen (secondary N) is 1. The van der Waals surface area contributed by atoms with Gasteiger partial charge in [0.2, 0.25) is 5.91 Å². The minimum Gasteiger partial charge on any atom is -0.497 e. The summed E-state index contributed by atoms with van der Waals surface area (Å²) >= 11 is 5.96. The standard InChI is InChI=1S/C18H20ClNO3/c1-13(14-4-3-5-15(19)12-14)20-18(21)10-11-23-17-8-6-16(22-2)7-9-17/h3-9,12-13H,10-11H2,1-2H3,(H,20,21). The molecule has 2 aromatic rings. The zero-order valence-corrected chi connectivity index (χ0v) is 14.0. The summed E-state index contributed by atoms with van der Waals surface area (Å²) in [5.74, 6) is 1.41. The van der Waals surface area contributed by atoms with Crippen molar-refractivity contribution in [2.75, 3.05) is 13.7 Å². The predicted octanol–water partition coefficient (Wildman–Crippen LogP) is 3.99. The number of amides is 1. The molecule has 1 amide bonds. The van der Waals surface area contributed by atoms with Gasteiger partial charge in [0.05, 0.1) is 26.2 Å². The summed E-state index contributed by atoms with van der Waals surface area (Å²) in [7, 11) is 1.61. The van der Waals surface area contributed by atoms with E-state index < -0.39 is 0 Å². The lowest BCUT2D eigenvalue weighted by atomic mass is 10.1. The van der Waals surface area contributed by atoms with Crippen LogP contribution in [0.4, 0.5) is 0 Å². The van der Waals surface area contributed by atoms with E-state index in [1.807, 2.05) is 55.5 Å². The Hall–Kier alpha value is -2.20. The van der Waals surface area contributed by atoms with Gasteiger partial charge in [0.1, 0.15) is 11.5 Å². The molecule has 23 heavy (non-hydrogen) atoms. The lowest BCUT2D eigenvalue weighted by Crippen LogP contribution is -2.27. The predicted molar refractivity (Wildman–Crippen MR) is 91.1 cm³/mol. The van der Waals surface area contributed by atoms with Gasteiger partial charge in [-0.1, -0.05) is 23.7 Å². The summed E-state index contributed by atoms with van der Waals surface area (Å²) in [5.41, 5.74) is 0.974. The first-order valence-corrected chi connectivity index (χ1v) is 7.78. The molecular weight excluding hydrogens is 314 g/mol. The molecule has 1 atom stereocenters. The fourth-order valence-corrected chi connectivity index (χ4v) is 2.31. The highest BCUT2D eigenvalue weighted by molar-refractivity contribution is 6.30. The molecular formula is C18H20ClNO3. The average Bonchev–Trinajstić information content (AvgIpc) is 2.55. The number of hydrogen-bond acceptors (Lipinski definition) is 3. The van der Waals surface area contributed by atoms with Crippen LogP contribution >= 0.6 is 11.6 Å². The van der Waals surface area contributed by atoms with Gasteiger partial charge in [-0.15, -0.1) is 0 Å². The largest absolute Gasteiger partial charge is 0.497 e. The van der Waals surface area contributed by atoms with Crippen molar-refractivity contribution >= 4 is 17.5 Å². The van der Waals surface area contributed by atoms with Crippen LogP contribution in [0.25, 0.3) is 0 Å². The Morgan fingerprint density at radius 2 is 1.87 bits per heavy atom. The minimum absolute atomic E-state index is 0.0639. The summed E-state index contributed by atoms with van der Waals surface area (Å²) in [6, 6.07) is 14.6. The van der Waals surface area contributed by atoms with Crippen molar-refractivity contribution in [2.45, 2.75) is 19.4 Å². The highest BCUT2D eigenvalue weighted by Gasteiger charge is 2.10. The van der Waals surface area contributed by atoms with Crippen molar-refractivity contribution in [3.8, 4) is 11.5 Å². The SMILES string of the molecule is COc1ccc(OCCC(=O)NC(C)c2cccc(Cl)c2)cc1. The Morgan fingerprint density at radius 3 is 2.52 bits per heavy atom. The van der Waals surface area contributed by atoms with Crippen LogP contribution in [-0.2, 0) is 4.79 Å². The lowest BCUT2D eigenvalue weighted by molar-refractivity contribution is -0.122. The number of halogens is 1. The van der Waals surface area contributed by atoms with E-state index >= 15 is 0 Å². The number of carbonyl (C=O) groups excluding carboxylic acids is 1. The number of carbonyl (C=O) groups is 1. The van der Waals surface area contributed by atoms with Gasteiger partial charge in [-0.3, -0.25) is 4.79 Å². The summed E-state index contributed by atoms with van der Waals surface area (Å²) in [6.45, 7) is 2.24. The van der Waals surface area contributed by atoms with Crippen LogP contribution in [0.2, 0.25) is 5.02 Å². The molecule has 0 saturated carbocycles. The lowest BCUT2D eigenvalue weighted by Gasteiger charge is -2.15. The van der Waals surface area contributed by atoms with Gasteiger partial charge < -0.3 is 14.8 Å². The first-order chi connectivity index (χ1) is 11.1. The van der Waals surface area contributed by atoms with Crippen molar-refractivity contribution in [1.82, 2.24) is 5.32 Å². The maximum atomic E-state index is 12.0. The van der Waals surface area contributed by atoms with E-state index in [1.165, 1.54) is 0 Å². The Morgan fingerprint density at radius 1 is 1.17 bits per heavy atom. The van der Waals surface area contributed by atoms with Crippen LogP contribution in [0, 0.1) is 0 Å². The van der Waals surface area contributed by atoms with Gasteiger partial charge >= 0.3 is 0 Å². The fraction of sp³-hybridized carbons (Fsp3) is 0.278. The molecule has 1 N–H and O–H groups in total. The van der Waals surface area contributed by atoms with E-state index in [0.29, 0.717) is 17.4 Å². The second-order valence-electron chi connectivity index (χ2n) is 5.12. The molecule has 122 valence electrons. The third-order valence-corrected chi connectivity index (χ3v) is 3.62. The van der Waals surface area contributed by atoms with Gasteiger partial charge in [-0.25, -0.2) is 0 Å². The molecule has 0 aromatic heterocycles. The summed E-state index contributed by atoms with van der Waals surface area (Å²) < 4.78 is 10.6. The number of ether oxygens (including phenoxy) is 2. The Labute approximate surface area is 141 Å². The van der Waals surface area contributed by atoms with Crippen LogP contribution in [0.1, 0.15) is 24.9 Å². The van der Waals surface area contributed by atoms with Crippen molar-refractivity contribution in [3.05, 3.63) is 59.1 Å². The molecule has 0 aliphatic carbocycles. The van der Waals surface area contributed by atoms with Crippen LogP contribution in [0.15, 0.2) is 48.5 Å². The molecule has 0 radical (unpaired) electrons. The molecule has 2 aromatic carbocycles. The second kappa shape index (κ2) is 8.44. The number of hydrogen-bond donors (Lipinski definition) is 1. The topological polar surface area (TPSA) is 47.6 Å². The Bertz CT molecular complexity index is 643. The van der Waals surface area contributed by atoms with Crippen LogP contribution in [0.5, 0.6) is 11.5 Å². The number of rotatable bonds is 7.